The molecule has 19 heavy (non-hydrogen) atoms. The third-order valence-electron chi connectivity index (χ3n) is 2.63. The Morgan fingerprint density at radius 3 is 2.74 bits per heavy atom. The van der Waals surface area contributed by atoms with Gasteiger partial charge >= 0.3 is 0 Å². The van der Waals surface area contributed by atoms with Gasteiger partial charge in [0.05, 0.1) is 5.02 Å². The van der Waals surface area contributed by atoms with E-state index >= 15 is 0 Å². The predicted molar refractivity (Wildman–Crippen MR) is 77.4 cm³/mol. The zero-order chi connectivity index (χ0) is 13.8. The van der Waals surface area contributed by atoms with Gasteiger partial charge in [0.1, 0.15) is 5.82 Å². The van der Waals surface area contributed by atoms with Crippen molar-refractivity contribution < 1.29 is 9.18 Å². The van der Waals surface area contributed by atoms with Crippen LogP contribution in [0.1, 0.15) is 22.8 Å². The highest BCUT2D eigenvalue weighted by molar-refractivity contribution is 7.98. The van der Waals surface area contributed by atoms with Gasteiger partial charge in [-0.3, -0.25) is 4.79 Å². The lowest BCUT2D eigenvalue weighted by molar-refractivity contribution is 0.101. The molecule has 0 unspecified atom stereocenters. The third-order valence-corrected chi connectivity index (χ3v) is 3.98. The van der Waals surface area contributed by atoms with Crippen LogP contribution < -0.4 is 0 Å². The Morgan fingerprint density at radius 2 is 2.05 bits per heavy atom. The van der Waals surface area contributed by atoms with E-state index in [-0.39, 0.29) is 10.8 Å². The maximum atomic E-state index is 13.0. The lowest BCUT2D eigenvalue weighted by Crippen LogP contribution is -1.91. The Kier molecular flexibility index (Phi) is 4.61. The Bertz CT molecular complexity index is 613. The van der Waals surface area contributed by atoms with E-state index in [1.54, 1.807) is 36.9 Å². The number of hydrogen-bond donors (Lipinski definition) is 0. The van der Waals surface area contributed by atoms with Gasteiger partial charge in [0.15, 0.2) is 5.78 Å². The fourth-order valence-corrected chi connectivity index (χ4v) is 2.70. The lowest BCUT2D eigenvalue weighted by Gasteiger charge is -2.04. The van der Waals surface area contributed by atoms with Crippen molar-refractivity contribution in [3.05, 3.63) is 64.4 Å². The Labute approximate surface area is 120 Å². The van der Waals surface area contributed by atoms with Crippen molar-refractivity contribution in [3.63, 3.8) is 0 Å². The monoisotopic (exact) mass is 294 g/mol. The van der Waals surface area contributed by atoms with E-state index in [4.69, 9.17) is 11.6 Å². The molecule has 0 bridgehead atoms. The quantitative estimate of drug-likeness (QED) is 0.585. The van der Waals surface area contributed by atoms with Gasteiger partial charge in [-0.1, -0.05) is 29.8 Å². The average molecular weight is 295 g/mol. The first-order valence-electron chi connectivity index (χ1n) is 5.74. The second kappa shape index (κ2) is 6.22. The highest BCUT2D eigenvalue weighted by Gasteiger charge is 2.04. The molecule has 0 aliphatic heterocycles. The SMILES string of the molecule is CC(=O)c1cccc(SCc2ccc(F)c(Cl)c2)c1. The minimum atomic E-state index is -0.408. The summed E-state index contributed by atoms with van der Waals surface area (Å²) in [5.74, 6) is 0.322. The summed E-state index contributed by atoms with van der Waals surface area (Å²) in [5.41, 5.74) is 1.65. The summed E-state index contributed by atoms with van der Waals surface area (Å²) in [4.78, 5) is 12.3. The van der Waals surface area contributed by atoms with Crippen LogP contribution in [0.5, 0.6) is 0 Å². The fourth-order valence-electron chi connectivity index (χ4n) is 1.60. The van der Waals surface area contributed by atoms with E-state index in [0.29, 0.717) is 11.3 Å². The van der Waals surface area contributed by atoms with Crippen molar-refractivity contribution in [3.8, 4) is 0 Å². The van der Waals surface area contributed by atoms with Crippen LogP contribution in [-0.4, -0.2) is 5.78 Å². The summed E-state index contributed by atoms with van der Waals surface area (Å²) < 4.78 is 13.0. The van der Waals surface area contributed by atoms with E-state index in [1.807, 2.05) is 18.2 Å². The molecule has 0 aromatic heterocycles. The maximum absolute atomic E-state index is 13.0. The first-order valence-corrected chi connectivity index (χ1v) is 7.10. The number of carbonyl (C=O) groups is 1. The number of rotatable bonds is 4. The van der Waals surface area contributed by atoms with Crippen molar-refractivity contribution in [1.82, 2.24) is 0 Å². The van der Waals surface area contributed by atoms with Crippen molar-refractivity contribution in [2.75, 3.05) is 0 Å². The number of halogens is 2. The molecule has 0 heterocycles. The maximum Gasteiger partial charge on any atom is 0.159 e. The standard InChI is InChI=1S/C15H12ClFOS/c1-10(18)12-3-2-4-13(8-12)19-9-11-5-6-15(17)14(16)7-11/h2-8H,9H2,1H3. The number of benzene rings is 2. The number of carbonyl (C=O) groups excluding carboxylic acids is 1. The summed E-state index contributed by atoms with van der Waals surface area (Å²) in [7, 11) is 0. The average Bonchev–Trinajstić information content (AvgIpc) is 2.40. The molecule has 98 valence electrons. The highest BCUT2D eigenvalue weighted by atomic mass is 35.5. The molecule has 0 radical (unpaired) electrons. The molecule has 2 aromatic rings. The number of ketones is 1. The molecule has 2 aromatic carbocycles. The van der Waals surface area contributed by atoms with E-state index in [0.717, 1.165) is 10.5 Å². The summed E-state index contributed by atoms with van der Waals surface area (Å²) in [5, 5.41) is 0.135. The van der Waals surface area contributed by atoms with Crippen LogP contribution in [0.15, 0.2) is 47.4 Å². The van der Waals surface area contributed by atoms with Crippen LogP contribution >= 0.6 is 23.4 Å². The van der Waals surface area contributed by atoms with Crippen LogP contribution in [0.2, 0.25) is 5.02 Å². The van der Waals surface area contributed by atoms with Gasteiger partial charge in [-0.25, -0.2) is 4.39 Å². The number of hydrogen-bond acceptors (Lipinski definition) is 2. The highest BCUT2D eigenvalue weighted by Crippen LogP contribution is 2.25. The normalized spacial score (nSPS) is 10.5. The number of thioether (sulfide) groups is 1. The molecule has 0 atom stereocenters. The van der Waals surface area contributed by atoms with Crippen LogP contribution in [0.4, 0.5) is 4.39 Å². The van der Waals surface area contributed by atoms with Crippen LogP contribution in [0, 0.1) is 5.82 Å². The second-order valence-electron chi connectivity index (χ2n) is 4.12. The molecule has 0 saturated carbocycles. The first kappa shape index (κ1) is 14.1. The summed E-state index contributed by atoms with van der Waals surface area (Å²) in [6.45, 7) is 1.55. The van der Waals surface area contributed by atoms with Gasteiger partial charge in [-0.2, -0.15) is 0 Å². The summed E-state index contributed by atoms with van der Waals surface area (Å²) in [6.07, 6.45) is 0. The molecule has 0 amide bonds. The Balaban J connectivity index is 2.07. The molecular formula is C15H12ClFOS. The molecule has 0 N–H and O–H groups in total. The Hall–Kier alpha value is -1.32. The second-order valence-corrected chi connectivity index (χ2v) is 5.58. The fraction of sp³-hybridized carbons (Fsp3) is 0.133. The van der Waals surface area contributed by atoms with E-state index in [9.17, 15) is 9.18 Å². The zero-order valence-corrected chi connectivity index (χ0v) is 11.9. The van der Waals surface area contributed by atoms with Gasteiger partial charge in [-0.15, -0.1) is 11.8 Å². The summed E-state index contributed by atoms with van der Waals surface area (Å²) >= 11 is 7.32. The minimum absolute atomic E-state index is 0.0484. The lowest BCUT2D eigenvalue weighted by atomic mass is 10.2. The molecule has 1 nitrogen and oxygen atoms in total. The van der Waals surface area contributed by atoms with Gasteiger partial charge in [0.25, 0.3) is 0 Å². The first-order chi connectivity index (χ1) is 9.06. The van der Waals surface area contributed by atoms with Crippen molar-refractivity contribution in [2.24, 2.45) is 0 Å². The van der Waals surface area contributed by atoms with E-state index < -0.39 is 5.82 Å². The summed E-state index contributed by atoms with van der Waals surface area (Å²) in [6, 6.07) is 12.2. The van der Waals surface area contributed by atoms with Crippen molar-refractivity contribution >= 4 is 29.1 Å². The smallest absolute Gasteiger partial charge is 0.159 e. The topological polar surface area (TPSA) is 17.1 Å². The molecule has 0 aliphatic carbocycles. The molecule has 0 saturated heterocycles. The number of Topliss-reactive ketones (excluding diaryl/α,β-unsaturated/α-hetero) is 1. The minimum Gasteiger partial charge on any atom is -0.295 e. The molecule has 0 fully saturated rings. The van der Waals surface area contributed by atoms with Gasteiger partial charge < -0.3 is 0 Å². The van der Waals surface area contributed by atoms with Gasteiger partial charge in [-0.05, 0) is 36.8 Å². The molecule has 4 heteroatoms. The van der Waals surface area contributed by atoms with Crippen LogP contribution in [-0.2, 0) is 5.75 Å². The molecule has 0 aliphatic rings. The van der Waals surface area contributed by atoms with Crippen molar-refractivity contribution in [2.45, 2.75) is 17.6 Å². The molecule has 2 rings (SSSR count). The molecular weight excluding hydrogens is 283 g/mol. The van der Waals surface area contributed by atoms with Crippen LogP contribution in [0.3, 0.4) is 0 Å². The Morgan fingerprint density at radius 1 is 1.26 bits per heavy atom. The van der Waals surface area contributed by atoms with Gasteiger partial charge in [0, 0.05) is 16.2 Å². The van der Waals surface area contributed by atoms with Crippen LogP contribution in [0.25, 0.3) is 0 Å². The zero-order valence-electron chi connectivity index (χ0n) is 10.3. The van der Waals surface area contributed by atoms with Gasteiger partial charge in [0.2, 0.25) is 0 Å². The van der Waals surface area contributed by atoms with E-state index in [2.05, 4.69) is 0 Å². The third kappa shape index (κ3) is 3.82. The molecule has 0 spiro atoms. The van der Waals surface area contributed by atoms with Crippen molar-refractivity contribution in [1.29, 1.82) is 0 Å². The predicted octanol–water partition coefficient (Wildman–Crippen LogP) is 4.97. The van der Waals surface area contributed by atoms with E-state index in [1.165, 1.54) is 6.07 Å². The largest absolute Gasteiger partial charge is 0.295 e.